The zero-order valence-corrected chi connectivity index (χ0v) is 11.9. The third-order valence-electron chi connectivity index (χ3n) is 4.20. The van der Waals surface area contributed by atoms with E-state index < -0.39 is 0 Å². The molecule has 0 spiro atoms. The maximum atomic E-state index is 12.1. The topological polar surface area (TPSA) is 56.2 Å². The Kier molecular flexibility index (Phi) is 4.47. The highest BCUT2D eigenvalue weighted by Gasteiger charge is 2.20. The van der Waals surface area contributed by atoms with Crippen LogP contribution in [0.2, 0.25) is 0 Å². The summed E-state index contributed by atoms with van der Waals surface area (Å²) in [6.45, 7) is 2.37. The van der Waals surface area contributed by atoms with Gasteiger partial charge in [-0.05, 0) is 18.9 Å². The molecule has 0 amide bonds. The minimum atomic E-state index is 0.0353. The van der Waals surface area contributed by atoms with Crippen molar-refractivity contribution in [2.75, 3.05) is 19.7 Å². The van der Waals surface area contributed by atoms with E-state index in [1.54, 1.807) is 0 Å². The lowest BCUT2D eigenvalue weighted by Crippen LogP contribution is -2.39. The summed E-state index contributed by atoms with van der Waals surface area (Å²) in [4.78, 5) is 12.1. The fourth-order valence-electron chi connectivity index (χ4n) is 3.12. The van der Waals surface area contributed by atoms with Gasteiger partial charge in [0.1, 0.15) is 5.78 Å². The van der Waals surface area contributed by atoms with Crippen LogP contribution < -0.4 is 5.32 Å². The van der Waals surface area contributed by atoms with Crippen molar-refractivity contribution >= 4 is 5.78 Å². The van der Waals surface area contributed by atoms with Crippen LogP contribution in [0.3, 0.4) is 0 Å². The quantitative estimate of drug-likeness (QED) is 0.886. The number of nitrogens with one attached hydrogen (secondary N) is 1. The summed E-state index contributed by atoms with van der Waals surface area (Å²) < 4.78 is 7.61. The number of ether oxygens (including phenoxy) is 1. The number of carbonyl (C=O) groups is 1. The van der Waals surface area contributed by atoms with Gasteiger partial charge in [-0.25, -0.2) is 0 Å². The normalized spacial score (nSPS) is 24.1. The Morgan fingerprint density at radius 2 is 2.30 bits per heavy atom. The van der Waals surface area contributed by atoms with E-state index in [4.69, 9.17) is 4.74 Å². The molecule has 0 radical (unpaired) electrons. The molecule has 2 heterocycles. The monoisotopic (exact) mass is 277 g/mol. The van der Waals surface area contributed by atoms with E-state index in [-0.39, 0.29) is 11.9 Å². The summed E-state index contributed by atoms with van der Waals surface area (Å²) in [5.41, 5.74) is 0.894. The van der Waals surface area contributed by atoms with Crippen molar-refractivity contribution in [1.29, 1.82) is 0 Å². The van der Waals surface area contributed by atoms with Crippen molar-refractivity contribution in [3.8, 4) is 0 Å². The SMILES string of the molecule is O=C(Cc1ccn(C2CCCC2)n1)CC1CNCCO1. The lowest BCUT2D eigenvalue weighted by atomic mass is 10.1. The van der Waals surface area contributed by atoms with Crippen molar-refractivity contribution in [3.63, 3.8) is 0 Å². The number of rotatable bonds is 5. The predicted molar refractivity (Wildman–Crippen MR) is 75.7 cm³/mol. The van der Waals surface area contributed by atoms with Gasteiger partial charge in [-0.1, -0.05) is 12.8 Å². The third kappa shape index (κ3) is 3.46. The van der Waals surface area contributed by atoms with Crippen molar-refractivity contribution in [2.24, 2.45) is 0 Å². The van der Waals surface area contributed by atoms with Gasteiger partial charge in [0.25, 0.3) is 0 Å². The number of aromatic nitrogens is 2. The number of Topliss-reactive ketones (excluding diaryl/α,β-unsaturated/α-hetero) is 1. The van der Waals surface area contributed by atoms with Crippen molar-refractivity contribution in [1.82, 2.24) is 15.1 Å². The number of ketones is 1. The summed E-state index contributed by atoms with van der Waals surface area (Å²) in [5, 5.41) is 7.81. The Morgan fingerprint density at radius 3 is 3.05 bits per heavy atom. The maximum Gasteiger partial charge on any atom is 0.141 e. The fourth-order valence-corrected chi connectivity index (χ4v) is 3.12. The molecule has 1 aromatic heterocycles. The first kappa shape index (κ1) is 13.8. The van der Waals surface area contributed by atoms with Gasteiger partial charge in [-0.15, -0.1) is 0 Å². The van der Waals surface area contributed by atoms with E-state index >= 15 is 0 Å². The number of carbonyl (C=O) groups excluding carboxylic acids is 1. The van der Waals surface area contributed by atoms with Crippen LogP contribution in [0.5, 0.6) is 0 Å². The molecule has 110 valence electrons. The molecule has 1 saturated heterocycles. The molecular weight excluding hydrogens is 254 g/mol. The standard InChI is InChI=1S/C15H23N3O2/c19-14(10-15-11-16-6-8-20-15)9-12-5-7-18(17-12)13-3-1-2-4-13/h5,7,13,15-16H,1-4,6,8-11H2. The molecular formula is C15H23N3O2. The zero-order chi connectivity index (χ0) is 13.8. The molecule has 1 N–H and O–H groups in total. The molecule has 3 rings (SSSR count). The number of nitrogens with zero attached hydrogens (tertiary/aromatic N) is 2. The summed E-state index contributed by atoms with van der Waals surface area (Å²) >= 11 is 0. The second-order valence-electron chi connectivity index (χ2n) is 5.84. The van der Waals surface area contributed by atoms with Crippen LogP contribution in [0.25, 0.3) is 0 Å². The van der Waals surface area contributed by atoms with E-state index in [1.807, 2.05) is 16.9 Å². The highest BCUT2D eigenvalue weighted by Crippen LogP contribution is 2.28. The molecule has 2 fully saturated rings. The van der Waals surface area contributed by atoms with Crippen LogP contribution >= 0.6 is 0 Å². The van der Waals surface area contributed by atoms with Crippen LogP contribution in [0.4, 0.5) is 0 Å². The Morgan fingerprint density at radius 1 is 1.45 bits per heavy atom. The molecule has 1 unspecified atom stereocenters. The largest absolute Gasteiger partial charge is 0.375 e. The van der Waals surface area contributed by atoms with Gasteiger partial charge in [0.05, 0.1) is 30.9 Å². The van der Waals surface area contributed by atoms with Crippen molar-refractivity contribution in [3.05, 3.63) is 18.0 Å². The molecule has 0 bridgehead atoms. The van der Waals surface area contributed by atoms with Gasteiger partial charge in [0.15, 0.2) is 0 Å². The molecule has 2 aliphatic rings. The van der Waals surface area contributed by atoms with E-state index in [2.05, 4.69) is 10.4 Å². The molecule has 0 aromatic carbocycles. The summed E-state index contributed by atoms with van der Waals surface area (Å²) in [6.07, 6.45) is 8.01. The second kappa shape index (κ2) is 6.50. The fraction of sp³-hybridized carbons (Fsp3) is 0.733. The van der Waals surface area contributed by atoms with Crippen LogP contribution in [-0.2, 0) is 16.0 Å². The summed E-state index contributed by atoms with van der Waals surface area (Å²) in [6, 6.07) is 2.53. The average Bonchev–Trinajstić information content (AvgIpc) is 3.10. The van der Waals surface area contributed by atoms with Gasteiger partial charge in [0.2, 0.25) is 0 Å². The van der Waals surface area contributed by atoms with Crippen LogP contribution in [0, 0.1) is 0 Å². The van der Waals surface area contributed by atoms with Gasteiger partial charge >= 0.3 is 0 Å². The van der Waals surface area contributed by atoms with Gasteiger partial charge in [-0.3, -0.25) is 9.48 Å². The lowest BCUT2D eigenvalue weighted by molar-refractivity contribution is -0.121. The van der Waals surface area contributed by atoms with Gasteiger partial charge < -0.3 is 10.1 Å². The Bertz CT molecular complexity index is 446. The average molecular weight is 277 g/mol. The molecule has 1 atom stereocenters. The molecule has 1 aliphatic carbocycles. The molecule has 1 aromatic rings. The summed E-state index contributed by atoms with van der Waals surface area (Å²) in [7, 11) is 0. The first-order chi connectivity index (χ1) is 9.81. The van der Waals surface area contributed by atoms with E-state index in [0.29, 0.717) is 25.5 Å². The van der Waals surface area contributed by atoms with Crippen molar-refractivity contribution in [2.45, 2.75) is 50.7 Å². The van der Waals surface area contributed by atoms with Crippen LogP contribution in [0.15, 0.2) is 12.3 Å². The number of hydrogen-bond acceptors (Lipinski definition) is 4. The maximum absolute atomic E-state index is 12.1. The molecule has 1 saturated carbocycles. The predicted octanol–water partition coefficient (Wildman–Crippen LogP) is 1.49. The van der Waals surface area contributed by atoms with Crippen molar-refractivity contribution < 1.29 is 9.53 Å². The lowest BCUT2D eigenvalue weighted by Gasteiger charge is -2.22. The first-order valence-electron chi connectivity index (χ1n) is 7.69. The molecule has 5 heteroatoms. The first-order valence-corrected chi connectivity index (χ1v) is 7.69. The Balaban J connectivity index is 1.50. The second-order valence-corrected chi connectivity index (χ2v) is 5.84. The molecule has 20 heavy (non-hydrogen) atoms. The minimum absolute atomic E-state index is 0.0353. The van der Waals surface area contributed by atoms with Gasteiger partial charge in [0, 0.05) is 25.7 Å². The smallest absolute Gasteiger partial charge is 0.141 e. The Labute approximate surface area is 119 Å². The molecule has 1 aliphatic heterocycles. The highest BCUT2D eigenvalue weighted by atomic mass is 16.5. The third-order valence-corrected chi connectivity index (χ3v) is 4.20. The van der Waals surface area contributed by atoms with Crippen LogP contribution in [0.1, 0.15) is 43.8 Å². The van der Waals surface area contributed by atoms with E-state index in [0.717, 1.165) is 18.8 Å². The number of morpholine rings is 1. The van der Waals surface area contributed by atoms with Gasteiger partial charge in [-0.2, -0.15) is 5.10 Å². The van der Waals surface area contributed by atoms with Crippen LogP contribution in [-0.4, -0.2) is 41.4 Å². The molecule has 5 nitrogen and oxygen atoms in total. The zero-order valence-electron chi connectivity index (χ0n) is 11.9. The summed E-state index contributed by atoms with van der Waals surface area (Å²) in [5.74, 6) is 0.218. The Hall–Kier alpha value is -1.20. The van der Waals surface area contributed by atoms with E-state index in [9.17, 15) is 4.79 Å². The minimum Gasteiger partial charge on any atom is -0.375 e. The van der Waals surface area contributed by atoms with E-state index in [1.165, 1.54) is 25.7 Å². The highest BCUT2D eigenvalue weighted by molar-refractivity contribution is 5.80. The number of hydrogen-bond donors (Lipinski definition) is 1.